The van der Waals surface area contributed by atoms with Crippen LogP contribution >= 0.6 is 0 Å². The Hall–Kier alpha value is -2.34. The lowest BCUT2D eigenvalue weighted by Gasteiger charge is -2.23. The van der Waals surface area contributed by atoms with Crippen molar-refractivity contribution in [3.05, 3.63) is 70.8 Å². The van der Waals surface area contributed by atoms with Crippen molar-refractivity contribution in [2.45, 2.75) is 31.5 Å². The topological polar surface area (TPSA) is 32.3 Å². The lowest BCUT2D eigenvalue weighted by atomic mass is 9.91. The number of rotatable bonds is 4. The number of hydrogen-bond acceptors (Lipinski definition) is 2. The minimum absolute atomic E-state index is 0.122. The van der Waals surface area contributed by atoms with Crippen molar-refractivity contribution in [2.75, 3.05) is 20.1 Å². The number of nitrogens with one attached hydrogen (secondary N) is 1. The Bertz CT molecular complexity index is 781. The number of amides is 1. The molecular weight excluding hydrogens is 353 g/mol. The smallest absolute Gasteiger partial charge is 0.337 e. The normalized spacial score (nSPS) is 17.6. The third-order valence-corrected chi connectivity index (χ3v) is 4.95. The molecule has 0 aliphatic carbocycles. The SMILES string of the molecule is CN(Cc1cccc(C(F)(F)F)c1)C(=O)c1ccc([C@@H]2CCCNC2)cc1. The van der Waals surface area contributed by atoms with Crippen LogP contribution < -0.4 is 5.32 Å². The van der Waals surface area contributed by atoms with Gasteiger partial charge in [0.2, 0.25) is 0 Å². The van der Waals surface area contributed by atoms with Crippen molar-refractivity contribution < 1.29 is 18.0 Å². The summed E-state index contributed by atoms with van der Waals surface area (Å²) < 4.78 is 38.5. The molecule has 1 amide bonds. The molecule has 1 fully saturated rings. The van der Waals surface area contributed by atoms with Crippen LogP contribution in [-0.4, -0.2) is 30.9 Å². The van der Waals surface area contributed by atoms with Gasteiger partial charge in [0.05, 0.1) is 5.56 Å². The lowest BCUT2D eigenvalue weighted by Crippen LogP contribution is -2.28. The average molecular weight is 376 g/mol. The van der Waals surface area contributed by atoms with Crippen molar-refractivity contribution in [1.29, 1.82) is 0 Å². The van der Waals surface area contributed by atoms with Crippen molar-refractivity contribution in [3.8, 4) is 0 Å². The van der Waals surface area contributed by atoms with E-state index in [-0.39, 0.29) is 12.5 Å². The standard InChI is InChI=1S/C21H23F3N2O/c1-26(14-15-4-2-6-19(12-15)21(22,23)24)20(27)17-9-7-16(8-10-17)18-5-3-11-25-13-18/h2,4,6-10,12,18,25H,3,5,11,13-14H2,1H3/t18-/m1/s1. The fourth-order valence-electron chi connectivity index (χ4n) is 3.45. The Balaban J connectivity index is 1.66. The third kappa shape index (κ3) is 4.89. The summed E-state index contributed by atoms with van der Waals surface area (Å²) in [5, 5.41) is 3.38. The van der Waals surface area contributed by atoms with Crippen LogP contribution in [0.25, 0.3) is 0 Å². The first-order valence-electron chi connectivity index (χ1n) is 9.07. The molecule has 0 saturated carbocycles. The fraction of sp³-hybridized carbons (Fsp3) is 0.381. The number of alkyl halides is 3. The highest BCUT2D eigenvalue weighted by atomic mass is 19.4. The molecule has 1 saturated heterocycles. The van der Waals surface area contributed by atoms with Crippen LogP contribution in [0.3, 0.4) is 0 Å². The van der Waals surface area contributed by atoms with Gasteiger partial charge in [0.25, 0.3) is 5.91 Å². The number of carbonyl (C=O) groups is 1. The lowest BCUT2D eigenvalue weighted by molar-refractivity contribution is -0.137. The van der Waals surface area contributed by atoms with Crippen molar-refractivity contribution in [2.24, 2.45) is 0 Å². The molecule has 3 nitrogen and oxygen atoms in total. The summed E-state index contributed by atoms with van der Waals surface area (Å²) in [6.07, 6.45) is -2.11. The van der Waals surface area contributed by atoms with Crippen LogP contribution in [0, 0.1) is 0 Å². The van der Waals surface area contributed by atoms with E-state index in [1.54, 1.807) is 25.2 Å². The highest BCUT2D eigenvalue weighted by Gasteiger charge is 2.30. The van der Waals surface area contributed by atoms with E-state index in [0.717, 1.165) is 38.1 Å². The van der Waals surface area contributed by atoms with E-state index in [4.69, 9.17) is 0 Å². The quantitative estimate of drug-likeness (QED) is 0.855. The summed E-state index contributed by atoms with van der Waals surface area (Å²) >= 11 is 0. The van der Waals surface area contributed by atoms with Crippen LogP contribution in [-0.2, 0) is 12.7 Å². The second-order valence-corrected chi connectivity index (χ2v) is 7.02. The largest absolute Gasteiger partial charge is 0.416 e. The number of carbonyl (C=O) groups excluding carboxylic acids is 1. The zero-order valence-electron chi connectivity index (χ0n) is 15.2. The van der Waals surface area contributed by atoms with Gasteiger partial charge >= 0.3 is 6.18 Å². The van der Waals surface area contributed by atoms with E-state index in [1.807, 2.05) is 12.1 Å². The minimum Gasteiger partial charge on any atom is -0.337 e. The molecule has 0 spiro atoms. The minimum atomic E-state index is -4.39. The summed E-state index contributed by atoms with van der Waals surface area (Å²) in [5.41, 5.74) is 1.49. The van der Waals surface area contributed by atoms with Crippen LogP contribution in [0.15, 0.2) is 48.5 Å². The highest BCUT2D eigenvalue weighted by molar-refractivity contribution is 5.94. The van der Waals surface area contributed by atoms with Crippen molar-refractivity contribution in [1.82, 2.24) is 10.2 Å². The maximum atomic E-state index is 12.8. The van der Waals surface area contributed by atoms with Gasteiger partial charge in [-0.1, -0.05) is 24.3 Å². The maximum Gasteiger partial charge on any atom is 0.416 e. The average Bonchev–Trinajstić information content (AvgIpc) is 2.68. The summed E-state index contributed by atoms with van der Waals surface area (Å²) in [7, 11) is 1.60. The van der Waals surface area contributed by atoms with Crippen LogP contribution in [0.4, 0.5) is 13.2 Å². The van der Waals surface area contributed by atoms with Gasteiger partial charge in [0.15, 0.2) is 0 Å². The summed E-state index contributed by atoms with van der Waals surface area (Å²) in [6, 6.07) is 12.6. The van der Waals surface area contributed by atoms with Crippen LogP contribution in [0.2, 0.25) is 0 Å². The molecule has 2 aromatic rings. The zero-order chi connectivity index (χ0) is 19.4. The van der Waals surface area contributed by atoms with E-state index in [9.17, 15) is 18.0 Å². The molecule has 27 heavy (non-hydrogen) atoms. The Morgan fingerprint density at radius 1 is 1.19 bits per heavy atom. The Kier molecular flexibility index (Phi) is 5.85. The first-order chi connectivity index (χ1) is 12.8. The molecule has 0 bridgehead atoms. The van der Waals surface area contributed by atoms with E-state index in [1.165, 1.54) is 16.5 Å². The molecule has 3 rings (SSSR count). The zero-order valence-corrected chi connectivity index (χ0v) is 15.2. The van der Waals surface area contributed by atoms with Gasteiger partial charge in [-0.05, 0) is 60.7 Å². The van der Waals surface area contributed by atoms with E-state index < -0.39 is 11.7 Å². The van der Waals surface area contributed by atoms with Crippen molar-refractivity contribution in [3.63, 3.8) is 0 Å². The predicted molar refractivity (Wildman–Crippen MR) is 98.5 cm³/mol. The summed E-state index contributed by atoms with van der Waals surface area (Å²) in [4.78, 5) is 14.0. The number of hydrogen-bond donors (Lipinski definition) is 1. The molecule has 1 aliphatic rings. The number of halogens is 3. The Labute approximate surface area is 157 Å². The van der Waals surface area contributed by atoms with Gasteiger partial charge in [-0.15, -0.1) is 0 Å². The van der Waals surface area contributed by atoms with E-state index in [0.29, 0.717) is 17.0 Å². The molecule has 6 heteroatoms. The van der Waals surface area contributed by atoms with Gasteiger partial charge in [-0.3, -0.25) is 4.79 Å². The van der Waals surface area contributed by atoms with Crippen molar-refractivity contribution >= 4 is 5.91 Å². The number of nitrogens with zero attached hydrogens (tertiary/aromatic N) is 1. The first-order valence-corrected chi connectivity index (χ1v) is 9.07. The molecule has 1 N–H and O–H groups in total. The van der Waals surface area contributed by atoms with Gasteiger partial charge in [-0.25, -0.2) is 0 Å². The van der Waals surface area contributed by atoms with Crippen LogP contribution in [0.1, 0.15) is 45.8 Å². The maximum absolute atomic E-state index is 12.8. The molecule has 0 radical (unpaired) electrons. The van der Waals surface area contributed by atoms with Crippen LogP contribution in [0.5, 0.6) is 0 Å². The highest BCUT2D eigenvalue weighted by Crippen LogP contribution is 2.30. The molecule has 1 heterocycles. The molecule has 0 unspecified atom stereocenters. The molecule has 0 aromatic heterocycles. The second-order valence-electron chi connectivity index (χ2n) is 7.02. The van der Waals surface area contributed by atoms with Gasteiger partial charge in [0, 0.05) is 25.7 Å². The summed E-state index contributed by atoms with van der Waals surface area (Å²) in [5.74, 6) is 0.256. The monoisotopic (exact) mass is 376 g/mol. The molecule has 144 valence electrons. The van der Waals surface area contributed by atoms with Gasteiger partial charge in [-0.2, -0.15) is 13.2 Å². The molecule has 2 aromatic carbocycles. The molecule has 1 atom stereocenters. The molecular formula is C21H23F3N2O. The van der Waals surface area contributed by atoms with E-state index in [2.05, 4.69) is 5.32 Å². The number of piperidine rings is 1. The van der Waals surface area contributed by atoms with Gasteiger partial charge < -0.3 is 10.2 Å². The first kappa shape index (κ1) is 19.4. The Morgan fingerprint density at radius 3 is 2.56 bits per heavy atom. The Morgan fingerprint density at radius 2 is 1.93 bits per heavy atom. The summed E-state index contributed by atoms with van der Waals surface area (Å²) in [6.45, 7) is 2.12. The third-order valence-electron chi connectivity index (χ3n) is 4.95. The van der Waals surface area contributed by atoms with E-state index >= 15 is 0 Å². The fourth-order valence-corrected chi connectivity index (χ4v) is 3.45. The molecule has 1 aliphatic heterocycles. The second kappa shape index (κ2) is 8.13. The predicted octanol–water partition coefficient (Wildman–Crippen LogP) is 4.44. The van der Waals surface area contributed by atoms with Gasteiger partial charge in [0.1, 0.15) is 0 Å². The number of benzene rings is 2.